The molecule has 1 aliphatic heterocycles. The van der Waals surface area contributed by atoms with Gasteiger partial charge in [-0.05, 0) is 67.3 Å². The van der Waals surface area contributed by atoms with Gasteiger partial charge < -0.3 is 15.2 Å². The first-order chi connectivity index (χ1) is 16.4. The third kappa shape index (κ3) is 6.08. The van der Waals surface area contributed by atoms with Gasteiger partial charge >= 0.3 is 0 Å². The summed E-state index contributed by atoms with van der Waals surface area (Å²) in [4.78, 5) is 19.8. The minimum Gasteiger partial charge on any atom is -0.387 e. The molecule has 1 fully saturated rings. The van der Waals surface area contributed by atoms with Gasteiger partial charge in [0.2, 0.25) is 0 Å². The molecule has 1 aliphatic rings. The highest BCUT2D eigenvalue weighted by Gasteiger charge is 2.20. The topological polar surface area (TPSA) is 74.7 Å². The van der Waals surface area contributed by atoms with Gasteiger partial charge in [-0.1, -0.05) is 35.9 Å². The monoisotopic (exact) mass is 459 g/mol. The number of hydrogen-bond donors (Lipinski definition) is 2. The van der Waals surface area contributed by atoms with Crippen molar-refractivity contribution in [3.05, 3.63) is 88.7 Å². The second-order valence-corrected chi connectivity index (χ2v) is 9.07. The first-order valence-electron chi connectivity index (χ1n) is 11.8. The number of ether oxygens (including phenoxy) is 1. The highest BCUT2D eigenvalue weighted by atomic mass is 16.5. The van der Waals surface area contributed by atoms with Crippen molar-refractivity contribution >= 4 is 5.91 Å². The first-order valence-corrected chi connectivity index (χ1v) is 11.8. The molecule has 0 bridgehead atoms. The molecular weight excluding hydrogens is 426 g/mol. The second-order valence-electron chi connectivity index (χ2n) is 9.07. The van der Waals surface area contributed by atoms with E-state index in [0.29, 0.717) is 25.3 Å². The molecule has 1 aromatic heterocycles. The lowest BCUT2D eigenvalue weighted by molar-refractivity contribution is 0.0143. The van der Waals surface area contributed by atoms with Crippen molar-refractivity contribution in [3.63, 3.8) is 0 Å². The Labute approximate surface area is 201 Å². The van der Waals surface area contributed by atoms with E-state index in [1.807, 2.05) is 57.2 Å². The lowest BCUT2D eigenvalue weighted by atomic mass is 9.96. The van der Waals surface area contributed by atoms with Crippen LogP contribution in [0.5, 0.6) is 0 Å². The van der Waals surface area contributed by atoms with Crippen LogP contribution in [-0.4, -0.2) is 53.7 Å². The number of aliphatic hydroxyl groups is 1. The van der Waals surface area contributed by atoms with Crippen LogP contribution in [0.1, 0.15) is 51.8 Å². The Morgan fingerprint density at radius 3 is 2.44 bits per heavy atom. The van der Waals surface area contributed by atoms with E-state index >= 15 is 0 Å². The summed E-state index contributed by atoms with van der Waals surface area (Å²) in [6.45, 7) is 9.38. The van der Waals surface area contributed by atoms with Crippen LogP contribution in [0.15, 0.2) is 60.8 Å². The van der Waals surface area contributed by atoms with Crippen LogP contribution in [0, 0.1) is 13.8 Å². The quantitative estimate of drug-likeness (QED) is 0.553. The maximum atomic E-state index is 13.3. The number of carbonyl (C=O) groups excluding carboxylic acids is 1. The number of rotatable bonds is 7. The summed E-state index contributed by atoms with van der Waals surface area (Å²) in [5, 5.41) is 14.1. The Kier molecular flexibility index (Phi) is 7.73. The van der Waals surface area contributed by atoms with Gasteiger partial charge in [0, 0.05) is 37.1 Å². The number of pyridine rings is 1. The second kappa shape index (κ2) is 10.9. The number of nitrogens with zero attached hydrogens (tertiary/aromatic N) is 2. The van der Waals surface area contributed by atoms with E-state index in [-0.39, 0.29) is 11.9 Å². The van der Waals surface area contributed by atoms with Crippen molar-refractivity contribution in [1.82, 2.24) is 15.2 Å². The average molecular weight is 460 g/mol. The van der Waals surface area contributed by atoms with Gasteiger partial charge in [-0.3, -0.25) is 14.7 Å². The number of aryl methyl sites for hydroxylation is 2. The zero-order chi connectivity index (χ0) is 24.1. The molecular formula is C28H33N3O3. The highest BCUT2D eigenvalue weighted by molar-refractivity contribution is 5.96. The van der Waals surface area contributed by atoms with Crippen LogP contribution in [0.3, 0.4) is 0 Å². The zero-order valence-electron chi connectivity index (χ0n) is 20.1. The standard InChI is InChI=1S/C28H33N3O3/c1-19-4-7-22(8-5-19)24-14-25(27(32)18-31-10-12-34-13-11-31)16-26(15-24)28(33)30-21(3)23-9-6-20(2)29-17-23/h4-9,14-17,21,27,32H,10-13,18H2,1-3H3,(H,30,33)/t21-,27?/m1/s1. The Morgan fingerprint density at radius 2 is 1.76 bits per heavy atom. The van der Waals surface area contributed by atoms with Crippen LogP contribution in [0.4, 0.5) is 0 Å². The Balaban J connectivity index is 1.61. The minimum absolute atomic E-state index is 0.179. The predicted molar refractivity (Wildman–Crippen MR) is 134 cm³/mol. The number of nitrogens with one attached hydrogen (secondary N) is 1. The largest absolute Gasteiger partial charge is 0.387 e. The number of benzene rings is 2. The van der Waals surface area contributed by atoms with Crippen molar-refractivity contribution in [2.75, 3.05) is 32.8 Å². The third-order valence-corrected chi connectivity index (χ3v) is 6.30. The normalized spacial score (nSPS) is 16.1. The van der Waals surface area contributed by atoms with Crippen LogP contribution < -0.4 is 5.32 Å². The summed E-state index contributed by atoms with van der Waals surface area (Å²) in [7, 11) is 0. The summed E-state index contributed by atoms with van der Waals surface area (Å²) in [6, 6.07) is 17.6. The Bertz CT molecular complexity index is 1110. The van der Waals surface area contributed by atoms with Crippen LogP contribution >= 0.6 is 0 Å². The molecule has 3 aromatic rings. The third-order valence-electron chi connectivity index (χ3n) is 6.30. The van der Waals surface area contributed by atoms with Crippen LogP contribution in [0.2, 0.25) is 0 Å². The van der Waals surface area contributed by atoms with Crippen molar-refractivity contribution in [1.29, 1.82) is 0 Å². The number of β-amino-alcohol motifs (C(OH)–C–C–N with tert-alkyl or cyclic N) is 1. The molecule has 0 spiro atoms. The van der Waals surface area contributed by atoms with E-state index in [4.69, 9.17) is 4.74 Å². The van der Waals surface area contributed by atoms with Gasteiger partial charge in [0.05, 0.1) is 25.4 Å². The summed E-state index contributed by atoms with van der Waals surface area (Å²) in [5.41, 5.74) is 6.24. The molecule has 1 unspecified atom stereocenters. The number of aliphatic hydroxyl groups excluding tert-OH is 1. The Hall–Kier alpha value is -3.06. The zero-order valence-corrected chi connectivity index (χ0v) is 20.1. The first kappa shape index (κ1) is 24.1. The fourth-order valence-electron chi connectivity index (χ4n) is 4.12. The molecule has 4 rings (SSSR count). The molecule has 1 saturated heterocycles. The van der Waals surface area contributed by atoms with Gasteiger partial charge in [-0.15, -0.1) is 0 Å². The lowest BCUT2D eigenvalue weighted by Crippen LogP contribution is -2.38. The van der Waals surface area contributed by atoms with E-state index in [0.717, 1.165) is 41.0 Å². The molecule has 0 radical (unpaired) electrons. The summed E-state index contributed by atoms with van der Waals surface area (Å²) >= 11 is 0. The summed E-state index contributed by atoms with van der Waals surface area (Å²) in [5.74, 6) is -0.179. The fraction of sp³-hybridized carbons (Fsp3) is 0.357. The molecule has 178 valence electrons. The van der Waals surface area contributed by atoms with Gasteiger partial charge in [0.1, 0.15) is 0 Å². The van der Waals surface area contributed by atoms with E-state index < -0.39 is 6.10 Å². The predicted octanol–water partition coefficient (Wildman–Crippen LogP) is 4.22. The molecule has 2 aromatic carbocycles. The van der Waals surface area contributed by atoms with E-state index in [1.165, 1.54) is 5.56 Å². The maximum absolute atomic E-state index is 13.3. The molecule has 2 N–H and O–H groups in total. The number of carbonyl (C=O) groups is 1. The Morgan fingerprint density at radius 1 is 1.03 bits per heavy atom. The lowest BCUT2D eigenvalue weighted by Gasteiger charge is -2.29. The maximum Gasteiger partial charge on any atom is 0.251 e. The molecule has 6 nitrogen and oxygen atoms in total. The molecule has 2 atom stereocenters. The number of morpholine rings is 1. The summed E-state index contributed by atoms with van der Waals surface area (Å²) < 4.78 is 5.42. The van der Waals surface area contributed by atoms with Gasteiger partial charge in [-0.25, -0.2) is 0 Å². The number of aromatic nitrogens is 1. The summed E-state index contributed by atoms with van der Waals surface area (Å²) in [6.07, 6.45) is 1.09. The number of hydrogen-bond acceptors (Lipinski definition) is 5. The van der Waals surface area contributed by atoms with Crippen molar-refractivity contribution in [2.45, 2.75) is 32.9 Å². The minimum atomic E-state index is -0.700. The molecule has 34 heavy (non-hydrogen) atoms. The number of amides is 1. The smallest absolute Gasteiger partial charge is 0.251 e. The van der Waals surface area contributed by atoms with Gasteiger partial charge in [-0.2, -0.15) is 0 Å². The molecule has 1 amide bonds. The van der Waals surface area contributed by atoms with E-state index in [9.17, 15) is 9.90 Å². The fourth-order valence-corrected chi connectivity index (χ4v) is 4.12. The van der Waals surface area contributed by atoms with Gasteiger partial charge in [0.15, 0.2) is 0 Å². The highest BCUT2D eigenvalue weighted by Crippen LogP contribution is 2.27. The van der Waals surface area contributed by atoms with Crippen LogP contribution in [-0.2, 0) is 4.74 Å². The van der Waals surface area contributed by atoms with E-state index in [1.54, 1.807) is 12.3 Å². The SMILES string of the molecule is Cc1ccc(-c2cc(C(=O)N[C@H](C)c3ccc(C)nc3)cc(C(O)CN3CCOCC3)c2)cc1. The molecule has 2 heterocycles. The average Bonchev–Trinajstić information content (AvgIpc) is 2.85. The van der Waals surface area contributed by atoms with Gasteiger partial charge in [0.25, 0.3) is 5.91 Å². The van der Waals surface area contributed by atoms with Crippen molar-refractivity contribution < 1.29 is 14.6 Å². The van der Waals surface area contributed by atoms with Crippen molar-refractivity contribution in [2.24, 2.45) is 0 Å². The van der Waals surface area contributed by atoms with E-state index in [2.05, 4.69) is 27.3 Å². The molecule has 0 aliphatic carbocycles. The van der Waals surface area contributed by atoms with Crippen LogP contribution in [0.25, 0.3) is 11.1 Å². The van der Waals surface area contributed by atoms with Crippen molar-refractivity contribution in [3.8, 4) is 11.1 Å². The molecule has 6 heteroatoms. The molecule has 0 saturated carbocycles.